The second-order valence-corrected chi connectivity index (χ2v) is 21.4. The molecular weight excluding hydrogens is 912 g/mol. The Bertz CT molecular complexity index is 2570. The van der Waals surface area contributed by atoms with Gasteiger partial charge in [0.1, 0.15) is 47.0 Å². The topological polar surface area (TPSA) is 203 Å². The maximum atomic E-state index is 15.2. The lowest BCUT2D eigenvalue weighted by molar-refractivity contribution is -0.184. The van der Waals surface area contributed by atoms with Crippen molar-refractivity contribution in [2.45, 2.75) is 133 Å². The molecule has 0 bridgehead atoms. The average molecular weight is 972 g/mol. The van der Waals surface area contributed by atoms with Gasteiger partial charge < -0.3 is 34.3 Å². The van der Waals surface area contributed by atoms with E-state index in [4.69, 9.17) is 23.9 Å². The predicted octanol–water partition coefficient (Wildman–Crippen LogP) is 7.24. The van der Waals surface area contributed by atoms with Gasteiger partial charge >= 0.3 is 12.3 Å². The van der Waals surface area contributed by atoms with Gasteiger partial charge in [-0.2, -0.15) is 13.2 Å². The number of allylic oxidation sites excluding steroid dienone is 1. The summed E-state index contributed by atoms with van der Waals surface area (Å²) in [6, 6.07) is 6.13. The first kappa shape index (κ1) is 50.1. The van der Waals surface area contributed by atoms with Crippen molar-refractivity contribution in [2.75, 3.05) is 20.8 Å². The number of carbonyl (C=O) groups excluding carboxylic acids is 3. The van der Waals surface area contributed by atoms with Crippen LogP contribution in [0.5, 0.6) is 23.1 Å². The van der Waals surface area contributed by atoms with E-state index >= 15 is 4.79 Å². The van der Waals surface area contributed by atoms with Gasteiger partial charge in [-0.15, -0.1) is 0 Å². The van der Waals surface area contributed by atoms with Crippen LogP contribution in [0, 0.1) is 17.8 Å². The highest BCUT2D eigenvalue weighted by Gasteiger charge is 2.63. The molecule has 3 N–H and O–H groups in total. The molecule has 0 unspecified atom stereocenters. The van der Waals surface area contributed by atoms with Crippen molar-refractivity contribution in [1.29, 1.82) is 0 Å². The molecular formula is C48H60F3N5O11S. The molecule has 2 aliphatic heterocycles. The molecule has 3 heterocycles. The summed E-state index contributed by atoms with van der Waals surface area (Å²) in [5, 5.41) is 14.2. The molecule has 7 rings (SSSR count). The third-order valence-corrected chi connectivity index (χ3v) is 15.9. The second kappa shape index (κ2) is 19.0. The summed E-state index contributed by atoms with van der Waals surface area (Å²) in [5.41, 5.74) is -0.805. The van der Waals surface area contributed by atoms with Crippen LogP contribution >= 0.6 is 0 Å². The number of hydrogen-bond donors (Lipinski definition) is 3. The molecule has 1 saturated heterocycles. The van der Waals surface area contributed by atoms with Gasteiger partial charge in [0.15, 0.2) is 5.75 Å². The number of methoxy groups -OCH3 is 2. The molecule has 4 aliphatic rings. The highest BCUT2D eigenvalue weighted by atomic mass is 32.2. The first-order valence-corrected chi connectivity index (χ1v) is 24.3. The number of ether oxygens (including phenoxy) is 4. The SMILES string of the molecule is COc1ccc2c(O[C@@H]3C[C@H]4C(=O)N[C@]5(C(=O)NS(=O)(=O)C6(C)CC6)C[C@H]5/C=C\CC[C@H](C)C[C@@H](C)[C@H](N(C(=O)O)[C@H](C)C(F)(F)F)C(=O)N4C3)nc(-c3ccc(OC(C)C)cc3)c(OC)c2c1. The maximum Gasteiger partial charge on any atom is 0.408 e. The molecule has 3 fully saturated rings. The molecule has 1 aromatic heterocycles. The number of nitrogens with zero attached hydrogens (tertiary/aromatic N) is 3. The number of rotatable bonds is 12. The molecule has 16 nitrogen and oxygen atoms in total. The number of nitrogens with one attached hydrogen (secondary N) is 2. The van der Waals surface area contributed by atoms with Crippen molar-refractivity contribution in [3.63, 3.8) is 0 Å². The molecule has 0 radical (unpaired) electrons. The normalized spacial score (nSPS) is 27.1. The Morgan fingerprint density at radius 3 is 2.28 bits per heavy atom. The number of benzene rings is 2. The van der Waals surface area contributed by atoms with Crippen LogP contribution in [0.1, 0.15) is 86.5 Å². The van der Waals surface area contributed by atoms with Crippen LogP contribution in [-0.2, 0) is 24.4 Å². The molecule has 20 heteroatoms. The largest absolute Gasteiger partial charge is 0.497 e. The van der Waals surface area contributed by atoms with E-state index in [1.807, 2.05) is 20.8 Å². The average Bonchev–Trinajstić information content (AvgIpc) is 4.15. The minimum atomic E-state index is -5.07. The number of pyridine rings is 1. The summed E-state index contributed by atoms with van der Waals surface area (Å²) >= 11 is 0. The van der Waals surface area contributed by atoms with Crippen molar-refractivity contribution >= 4 is 44.6 Å². The summed E-state index contributed by atoms with van der Waals surface area (Å²) in [6.07, 6.45) is -3.19. The fraction of sp³-hybridized carbons (Fsp3) is 0.562. The van der Waals surface area contributed by atoms with Crippen LogP contribution in [-0.4, -0.2) is 120 Å². The van der Waals surface area contributed by atoms with E-state index in [9.17, 15) is 41.1 Å². The number of carbonyl (C=O) groups is 4. The van der Waals surface area contributed by atoms with Gasteiger partial charge in [0.25, 0.3) is 5.91 Å². The third kappa shape index (κ3) is 10.0. The minimum Gasteiger partial charge on any atom is -0.497 e. The lowest BCUT2D eigenvalue weighted by atomic mass is 9.86. The third-order valence-electron chi connectivity index (χ3n) is 13.7. The number of carboxylic acid groups (broad SMARTS) is 1. The fourth-order valence-corrected chi connectivity index (χ4v) is 10.7. The molecule has 2 saturated carbocycles. The zero-order chi connectivity index (χ0) is 49.7. The molecule has 68 heavy (non-hydrogen) atoms. The van der Waals surface area contributed by atoms with Crippen molar-refractivity contribution in [1.82, 2.24) is 24.8 Å². The Labute approximate surface area is 393 Å². The first-order chi connectivity index (χ1) is 31.9. The lowest BCUT2D eigenvalue weighted by Crippen LogP contribution is -2.62. The van der Waals surface area contributed by atoms with E-state index in [1.54, 1.807) is 54.6 Å². The van der Waals surface area contributed by atoms with E-state index < -0.39 is 92.9 Å². The molecule has 2 aromatic carbocycles. The number of aromatic nitrogens is 1. The standard InChI is InChI=1S/C48H60F3N5O11S/c1-26(2)66-32-15-13-30(14-16-32)38-40(65-8)36-22-33(64-7)17-18-35(36)42(52-38)67-34-23-37-41(57)53-47(44(59)54-68(62,63)46(6)19-20-46)24-31(47)12-10-9-11-27(3)21-28(4)39(43(58)55(37)25-34)56(45(60)61)29(5)48(49,50)51/h10,12-18,22,26-29,31,34,37,39H,9,11,19-21,23-25H2,1-8H3,(H,53,57)(H,54,59)(H,60,61)/b12-10-/t27-,28+,29+,31+,34+,37-,39-,47+/m0/s1. The van der Waals surface area contributed by atoms with Crippen molar-refractivity contribution in [2.24, 2.45) is 17.8 Å². The Balaban J connectivity index is 1.33. The molecule has 2 aliphatic carbocycles. The van der Waals surface area contributed by atoms with Gasteiger partial charge in [0, 0.05) is 28.7 Å². The van der Waals surface area contributed by atoms with Crippen LogP contribution in [0.15, 0.2) is 54.6 Å². The van der Waals surface area contributed by atoms with Crippen LogP contribution in [0.2, 0.25) is 0 Å². The van der Waals surface area contributed by atoms with Crippen molar-refractivity contribution in [3.05, 3.63) is 54.6 Å². The number of halogens is 3. The Kier molecular flexibility index (Phi) is 14.0. The summed E-state index contributed by atoms with van der Waals surface area (Å²) < 4.78 is 95.4. The summed E-state index contributed by atoms with van der Waals surface area (Å²) in [6.45, 7) is 8.92. The zero-order valence-electron chi connectivity index (χ0n) is 39.4. The van der Waals surface area contributed by atoms with Crippen molar-refractivity contribution < 1.29 is 64.8 Å². The predicted molar refractivity (Wildman–Crippen MR) is 245 cm³/mol. The van der Waals surface area contributed by atoms with E-state index in [0.717, 1.165) is 4.90 Å². The van der Waals surface area contributed by atoms with Gasteiger partial charge in [-0.25, -0.2) is 18.2 Å². The quantitative estimate of drug-likeness (QED) is 0.154. The van der Waals surface area contributed by atoms with Crippen LogP contribution < -0.4 is 29.0 Å². The van der Waals surface area contributed by atoms with Crippen LogP contribution in [0.25, 0.3) is 22.0 Å². The van der Waals surface area contributed by atoms with Crippen molar-refractivity contribution in [3.8, 4) is 34.4 Å². The Morgan fingerprint density at radius 2 is 1.68 bits per heavy atom. The number of alkyl halides is 3. The second-order valence-electron chi connectivity index (χ2n) is 19.2. The monoisotopic (exact) mass is 971 g/mol. The minimum absolute atomic E-state index is 0.0254. The Hall–Kier alpha value is -5.79. The number of hydrogen-bond acceptors (Lipinski definition) is 11. The lowest BCUT2D eigenvalue weighted by Gasteiger charge is -2.40. The number of amides is 4. The van der Waals surface area contributed by atoms with E-state index in [0.29, 0.717) is 71.9 Å². The molecule has 370 valence electrons. The molecule has 4 amide bonds. The zero-order valence-corrected chi connectivity index (χ0v) is 40.2. The van der Waals surface area contributed by atoms with E-state index in [-0.39, 0.29) is 42.1 Å². The highest BCUT2D eigenvalue weighted by Crippen LogP contribution is 2.48. The maximum absolute atomic E-state index is 15.2. The fourth-order valence-electron chi connectivity index (χ4n) is 9.43. The Morgan fingerprint density at radius 1 is 1.00 bits per heavy atom. The van der Waals surface area contributed by atoms with Gasteiger partial charge in [0.2, 0.25) is 27.7 Å². The smallest absolute Gasteiger partial charge is 0.408 e. The van der Waals surface area contributed by atoms with E-state index in [1.165, 1.54) is 28.1 Å². The molecule has 0 spiro atoms. The van der Waals surface area contributed by atoms with Crippen LogP contribution in [0.4, 0.5) is 18.0 Å². The summed E-state index contributed by atoms with van der Waals surface area (Å²) in [7, 11) is -1.18. The molecule has 3 aromatic rings. The summed E-state index contributed by atoms with van der Waals surface area (Å²) in [5.74, 6) is -3.27. The summed E-state index contributed by atoms with van der Waals surface area (Å²) in [4.78, 5) is 63.2. The first-order valence-electron chi connectivity index (χ1n) is 22.9. The van der Waals surface area contributed by atoms with Gasteiger partial charge in [-0.1, -0.05) is 26.0 Å². The highest BCUT2D eigenvalue weighted by molar-refractivity contribution is 7.91. The number of sulfonamides is 1. The van der Waals surface area contributed by atoms with Gasteiger partial charge in [-0.05, 0) is 121 Å². The van der Waals surface area contributed by atoms with Crippen LogP contribution in [0.3, 0.4) is 0 Å². The number of fused-ring (bicyclic) bond motifs is 3. The molecule has 8 atom stereocenters. The van der Waals surface area contributed by atoms with Gasteiger partial charge in [-0.3, -0.25) is 24.0 Å². The van der Waals surface area contributed by atoms with E-state index in [2.05, 4.69) is 10.0 Å². The van der Waals surface area contributed by atoms with Gasteiger partial charge in [0.05, 0.1) is 31.6 Å².